The fourth-order valence-corrected chi connectivity index (χ4v) is 2.09. The number of rotatable bonds is 5. The lowest BCUT2D eigenvalue weighted by Gasteiger charge is -2.23. The number of carbonyl (C=O) groups is 2. The molecule has 1 aliphatic heterocycles. The number of amides is 1. The Morgan fingerprint density at radius 1 is 1.47 bits per heavy atom. The summed E-state index contributed by atoms with van der Waals surface area (Å²) in [5.41, 5.74) is 5.82. The van der Waals surface area contributed by atoms with Gasteiger partial charge in [-0.3, -0.25) is 9.59 Å². The van der Waals surface area contributed by atoms with Gasteiger partial charge in [0.15, 0.2) is 0 Å². The largest absolute Gasteiger partial charge is 0.481 e. The van der Waals surface area contributed by atoms with Crippen LogP contribution in [0.3, 0.4) is 0 Å². The van der Waals surface area contributed by atoms with Gasteiger partial charge in [0, 0.05) is 19.5 Å². The lowest BCUT2D eigenvalue weighted by Crippen LogP contribution is -2.45. The summed E-state index contributed by atoms with van der Waals surface area (Å²) in [6.45, 7) is 5.23. The number of hydrogen-bond donors (Lipinski definition) is 2. The van der Waals surface area contributed by atoms with Gasteiger partial charge >= 0.3 is 5.97 Å². The van der Waals surface area contributed by atoms with Crippen molar-refractivity contribution in [3.63, 3.8) is 0 Å². The summed E-state index contributed by atoms with van der Waals surface area (Å²) in [4.78, 5) is 24.2. The maximum Gasteiger partial charge on any atom is 0.303 e. The van der Waals surface area contributed by atoms with Crippen molar-refractivity contribution in [2.45, 2.75) is 39.2 Å². The molecule has 0 aromatic rings. The van der Waals surface area contributed by atoms with Gasteiger partial charge in [0.2, 0.25) is 5.91 Å². The summed E-state index contributed by atoms with van der Waals surface area (Å²) in [6.07, 6.45) is 1.72. The Labute approximate surface area is 102 Å². The summed E-state index contributed by atoms with van der Waals surface area (Å²) in [5, 5.41) is 8.61. The molecule has 1 saturated heterocycles. The van der Waals surface area contributed by atoms with E-state index < -0.39 is 12.0 Å². The predicted octanol–water partition coefficient (Wildman–Crippen LogP) is 0.683. The monoisotopic (exact) mass is 242 g/mol. The number of hydrogen-bond acceptors (Lipinski definition) is 3. The van der Waals surface area contributed by atoms with Gasteiger partial charge in [-0.2, -0.15) is 0 Å². The van der Waals surface area contributed by atoms with Crippen LogP contribution in [0.25, 0.3) is 0 Å². The van der Waals surface area contributed by atoms with Crippen LogP contribution < -0.4 is 5.73 Å². The van der Waals surface area contributed by atoms with Crippen LogP contribution in [0, 0.1) is 11.8 Å². The molecule has 1 heterocycles. The van der Waals surface area contributed by atoms with Gasteiger partial charge in [0.1, 0.15) is 0 Å². The number of nitrogens with zero attached hydrogens (tertiary/aromatic N) is 1. The lowest BCUT2D eigenvalue weighted by molar-refractivity contribution is -0.137. The van der Waals surface area contributed by atoms with Crippen LogP contribution in [0.1, 0.15) is 33.1 Å². The van der Waals surface area contributed by atoms with Crippen LogP contribution in [0.5, 0.6) is 0 Å². The summed E-state index contributed by atoms with van der Waals surface area (Å²) in [7, 11) is 0. The Morgan fingerprint density at radius 2 is 2.12 bits per heavy atom. The molecule has 1 amide bonds. The molecule has 1 aliphatic rings. The third kappa shape index (κ3) is 4.00. The Balaban J connectivity index is 2.39. The number of carbonyl (C=O) groups excluding carboxylic acids is 1. The average Bonchev–Trinajstić information content (AvgIpc) is 2.72. The van der Waals surface area contributed by atoms with Crippen molar-refractivity contribution in [3.05, 3.63) is 0 Å². The molecular weight excluding hydrogens is 220 g/mol. The first kappa shape index (κ1) is 14.0. The van der Waals surface area contributed by atoms with Gasteiger partial charge in [0.05, 0.1) is 6.04 Å². The molecule has 0 radical (unpaired) electrons. The molecule has 3 N–H and O–H groups in total. The molecule has 5 nitrogen and oxygen atoms in total. The Morgan fingerprint density at radius 3 is 2.65 bits per heavy atom. The highest BCUT2D eigenvalue weighted by atomic mass is 16.4. The van der Waals surface area contributed by atoms with Gasteiger partial charge in [-0.15, -0.1) is 0 Å². The molecule has 0 saturated carbocycles. The van der Waals surface area contributed by atoms with Crippen LogP contribution in [0.15, 0.2) is 0 Å². The van der Waals surface area contributed by atoms with E-state index in [1.165, 1.54) is 0 Å². The number of likely N-dealkylation sites (tertiary alicyclic amines) is 1. The minimum atomic E-state index is -0.770. The molecule has 0 aliphatic carbocycles. The number of aliphatic carboxylic acids is 1. The fourth-order valence-electron chi connectivity index (χ4n) is 2.09. The van der Waals surface area contributed by atoms with E-state index in [1.807, 2.05) is 13.8 Å². The van der Waals surface area contributed by atoms with E-state index >= 15 is 0 Å². The van der Waals surface area contributed by atoms with Crippen LogP contribution >= 0.6 is 0 Å². The first-order valence-corrected chi connectivity index (χ1v) is 6.18. The summed E-state index contributed by atoms with van der Waals surface area (Å²) in [6, 6.07) is -0.437. The zero-order valence-electron chi connectivity index (χ0n) is 10.6. The molecule has 17 heavy (non-hydrogen) atoms. The van der Waals surface area contributed by atoms with E-state index in [9.17, 15) is 9.59 Å². The molecule has 0 aromatic carbocycles. The minimum Gasteiger partial charge on any atom is -0.481 e. The van der Waals surface area contributed by atoms with Crippen molar-refractivity contribution in [2.75, 3.05) is 13.1 Å². The summed E-state index contributed by atoms with van der Waals surface area (Å²) < 4.78 is 0. The van der Waals surface area contributed by atoms with E-state index in [-0.39, 0.29) is 18.2 Å². The minimum absolute atomic E-state index is 0.00201. The molecule has 98 valence electrons. The second-order valence-corrected chi connectivity index (χ2v) is 5.14. The van der Waals surface area contributed by atoms with E-state index in [2.05, 4.69) is 0 Å². The molecule has 2 atom stereocenters. The highest BCUT2D eigenvalue weighted by Gasteiger charge is 2.30. The van der Waals surface area contributed by atoms with Gasteiger partial charge in [0.25, 0.3) is 0 Å². The van der Waals surface area contributed by atoms with E-state index in [0.717, 1.165) is 6.42 Å². The van der Waals surface area contributed by atoms with Crippen molar-refractivity contribution in [1.29, 1.82) is 0 Å². The van der Waals surface area contributed by atoms with Gasteiger partial charge in [-0.1, -0.05) is 13.8 Å². The molecule has 0 spiro atoms. The highest BCUT2D eigenvalue weighted by Crippen LogP contribution is 2.22. The second-order valence-electron chi connectivity index (χ2n) is 5.14. The van der Waals surface area contributed by atoms with Crippen LogP contribution in [-0.2, 0) is 9.59 Å². The second kappa shape index (κ2) is 6.00. The number of nitrogens with two attached hydrogens (primary N) is 1. The van der Waals surface area contributed by atoms with Crippen LogP contribution in [-0.4, -0.2) is 41.0 Å². The standard InChI is InChI=1S/C12H22N2O3/c1-8(2)11(13)12(17)14-6-5-9(7-14)3-4-10(15)16/h8-9,11H,3-7,13H2,1-2H3,(H,15,16)/t9?,11-/m0/s1. The van der Waals surface area contributed by atoms with Crippen molar-refractivity contribution >= 4 is 11.9 Å². The first-order valence-electron chi connectivity index (χ1n) is 6.18. The van der Waals surface area contributed by atoms with Gasteiger partial charge in [-0.25, -0.2) is 0 Å². The van der Waals surface area contributed by atoms with Crippen molar-refractivity contribution in [2.24, 2.45) is 17.6 Å². The molecule has 1 fully saturated rings. The zero-order valence-corrected chi connectivity index (χ0v) is 10.6. The fraction of sp³-hybridized carbons (Fsp3) is 0.833. The molecule has 5 heteroatoms. The van der Waals surface area contributed by atoms with Crippen molar-refractivity contribution < 1.29 is 14.7 Å². The van der Waals surface area contributed by atoms with E-state index in [1.54, 1.807) is 4.90 Å². The molecule has 1 rings (SSSR count). The summed E-state index contributed by atoms with van der Waals surface area (Å²) in [5.74, 6) is -0.318. The highest BCUT2D eigenvalue weighted by molar-refractivity contribution is 5.82. The maximum absolute atomic E-state index is 12.0. The summed E-state index contributed by atoms with van der Waals surface area (Å²) >= 11 is 0. The van der Waals surface area contributed by atoms with Crippen molar-refractivity contribution in [1.82, 2.24) is 4.90 Å². The molecule has 0 bridgehead atoms. The SMILES string of the molecule is CC(C)[C@H](N)C(=O)N1CCC(CCC(=O)O)C1. The lowest BCUT2D eigenvalue weighted by atomic mass is 10.0. The number of carboxylic acids is 1. The zero-order chi connectivity index (χ0) is 13.0. The first-order chi connectivity index (χ1) is 7.91. The average molecular weight is 242 g/mol. The Kier molecular flexibility index (Phi) is 4.93. The van der Waals surface area contributed by atoms with Crippen molar-refractivity contribution in [3.8, 4) is 0 Å². The van der Waals surface area contributed by atoms with Gasteiger partial charge in [-0.05, 0) is 24.7 Å². The Hall–Kier alpha value is -1.10. The number of carboxylic acid groups (broad SMARTS) is 1. The van der Waals surface area contributed by atoms with Gasteiger partial charge < -0.3 is 15.7 Å². The predicted molar refractivity (Wildman–Crippen MR) is 64.4 cm³/mol. The smallest absolute Gasteiger partial charge is 0.303 e. The Bertz CT molecular complexity index is 291. The third-order valence-electron chi connectivity index (χ3n) is 3.37. The van der Waals surface area contributed by atoms with E-state index in [4.69, 9.17) is 10.8 Å². The quantitative estimate of drug-likeness (QED) is 0.742. The molecular formula is C12H22N2O3. The van der Waals surface area contributed by atoms with Crippen LogP contribution in [0.4, 0.5) is 0 Å². The molecule has 0 aromatic heterocycles. The normalized spacial score (nSPS) is 21.9. The van der Waals surface area contributed by atoms with E-state index in [0.29, 0.717) is 25.4 Å². The topological polar surface area (TPSA) is 83.6 Å². The van der Waals surface area contributed by atoms with Crippen LogP contribution in [0.2, 0.25) is 0 Å². The molecule has 1 unspecified atom stereocenters. The maximum atomic E-state index is 12.0. The third-order valence-corrected chi connectivity index (χ3v) is 3.37.